The van der Waals surface area contributed by atoms with Crippen LogP contribution < -0.4 is 4.74 Å². The molecule has 0 aliphatic carbocycles. The van der Waals surface area contributed by atoms with E-state index in [0.717, 1.165) is 11.1 Å². The van der Waals surface area contributed by atoms with Crippen LogP contribution in [0.3, 0.4) is 0 Å². The van der Waals surface area contributed by atoms with Gasteiger partial charge in [0.25, 0.3) is 0 Å². The maximum absolute atomic E-state index is 10.8. The summed E-state index contributed by atoms with van der Waals surface area (Å²) < 4.78 is 5.72. The first kappa shape index (κ1) is 14.1. The Morgan fingerprint density at radius 2 is 1.55 bits per heavy atom. The minimum absolute atomic E-state index is 0.0343. The van der Waals surface area contributed by atoms with Crippen LogP contribution in [0.4, 0.5) is 0 Å². The number of rotatable bonds is 5. The smallest absolute Gasteiger partial charge is 0.307 e. The molecule has 0 bridgehead atoms. The van der Waals surface area contributed by atoms with Crippen molar-refractivity contribution in [2.75, 3.05) is 0 Å². The Balaban J connectivity index is 2.11. The fraction of sp³-hybridized carbons (Fsp3) is 0.235. The molecular formula is C17H18O3. The zero-order valence-corrected chi connectivity index (χ0v) is 11.7. The molecule has 1 N–H and O–H groups in total. The highest BCUT2D eigenvalue weighted by Gasteiger charge is 2.23. The first-order chi connectivity index (χ1) is 9.46. The minimum atomic E-state index is -0.865. The van der Waals surface area contributed by atoms with Crippen molar-refractivity contribution in [3.8, 4) is 16.9 Å². The van der Waals surface area contributed by atoms with Crippen LogP contribution >= 0.6 is 0 Å². The molecule has 0 fully saturated rings. The Bertz CT molecular complexity index is 571. The highest BCUT2D eigenvalue weighted by molar-refractivity contribution is 5.68. The van der Waals surface area contributed by atoms with Gasteiger partial charge in [-0.15, -0.1) is 0 Å². The van der Waals surface area contributed by atoms with Gasteiger partial charge in [0.15, 0.2) is 0 Å². The van der Waals surface area contributed by atoms with Crippen LogP contribution in [-0.2, 0) is 4.79 Å². The van der Waals surface area contributed by atoms with Gasteiger partial charge in [-0.25, -0.2) is 0 Å². The van der Waals surface area contributed by atoms with Crippen LogP contribution in [0.1, 0.15) is 20.3 Å². The SMILES string of the molecule is CC(C)(CC(=O)O)Oc1ccc(-c2ccccc2)cc1. The van der Waals surface area contributed by atoms with E-state index in [1.165, 1.54) is 0 Å². The number of hydrogen-bond acceptors (Lipinski definition) is 2. The van der Waals surface area contributed by atoms with Crippen LogP contribution in [0.2, 0.25) is 0 Å². The van der Waals surface area contributed by atoms with Crippen molar-refractivity contribution in [2.45, 2.75) is 25.9 Å². The molecule has 104 valence electrons. The molecule has 0 saturated heterocycles. The summed E-state index contributed by atoms with van der Waals surface area (Å²) in [6, 6.07) is 17.7. The molecule has 2 rings (SSSR count). The Morgan fingerprint density at radius 1 is 1.00 bits per heavy atom. The highest BCUT2D eigenvalue weighted by Crippen LogP contribution is 2.25. The molecule has 0 aliphatic rings. The third-order valence-electron chi connectivity index (χ3n) is 2.93. The summed E-state index contributed by atoms with van der Waals surface area (Å²) in [5.41, 5.74) is 1.53. The molecule has 0 amide bonds. The molecular weight excluding hydrogens is 252 g/mol. The summed E-state index contributed by atoms with van der Waals surface area (Å²) in [5.74, 6) is -0.188. The second-order valence-electron chi connectivity index (χ2n) is 5.32. The number of benzene rings is 2. The number of hydrogen-bond donors (Lipinski definition) is 1. The van der Waals surface area contributed by atoms with Gasteiger partial charge in [0, 0.05) is 0 Å². The van der Waals surface area contributed by atoms with Gasteiger partial charge in [-0.1, -0.05) is 42.5 Å². The van der Waals surface area contributed by atoms with Gasteiger partial charge in [-0.2, -0.15) is 0 Å². The lowest BCUT2D eigenvalue weighted by Gasteiger charge is -2.24. The quantitative estimate of drug-likeness (QED) is 0.893. The van der Waals surface area contributed by atoms with Crippen molar-refractivity contribution in [3.63, 3.8) is 0 Å². The minimum Gasteiger partial charge on any atom is -0.487 e. The third kappa shape index (κ3) is 3.85. The van der Waals surface area contributed by atoms with Gasteiger partial charge in [-0.3, -0.25) is 4.79 Å². The average molecular weight is 270 g/mol. The van der Waals surface area contributed by atoms with E-state index in [4.69, 9.17) is 9.84 Å². The summed E-state index contributed by atoms with van der Waals surface area (Å²) in [6.45, 7) is 3.54. The lowest BCUT2D eigenvalue weighted by molar-refractivity contribution is -0.140. The predicted molar refractivity (Wildman–Crippen MR) is 78.8 cm³/mol. The summed E-state index contributed by atoms with van der Waals surface area (Å²) in [6.07, 6.45) is -0.0343. The van der Waals surface area contributed by atoms with E-state index >= 15 is 0 Å². The summed E-state index contributed by atoms with van der Waals surface area (Å²) >= 11 is 0. The second-order valence-corrected chi connectivity index (χ2v) is 5.32. The van der Waals surface area contributed by atoms with Crippen molar-refractivity contribution < 1.29 is 14.6 Å². The van der Waals surface area contributed by atoms with E-state index in [2.05, 4.69) is 0 Å². The monoisotopic (exact) mass is 270 g/mol. The molecule has 3 nitrogen and oxygen atoms in total. The maximum Gasteiger partial charge on any atom is 0.307 e. The Hall–Kier alpha value is -2.29. The molecule has 0 unspecified atom stereocenters. The predicted octanol–water partition coefficient (Wildman–Crippen LogP) is 3.99. The summed E-state index contributed by atoms with van der Waals surface area (Å²) in [5, 5.41) is 8.84. The van der Waals surface area contributed by atoms with E-state index in [1.54, 1.807) is 13.8 Å². The molecule has 20 heavy (non-hydrogen) atoms. The number of carboxylic acid groups (broad SMARTS) is 1. The van der Waals surface area contributed by atoms with Crippen LogP contribution in [-0.4, -0.2) is 16.7 Å². The molecule has 0 spiro atoms. The zero-order chi connectivity index (χ0) is 14.6. The van der Waals surface area contributed by atoms with E-state index < -0.39 is 11.6 Å². The van der Waals surface area contributed by atoms with Crippen molar-refractivity contribution in [1.29, 1.82) is 0 Å². The molecule has 2 aromatic rings. The van der Waals surface area contributed by atoms with Gasteiger partial charge >= 0.3 is 5.97 Å². The number of carbonyl (C=O) groups is 1. The van der Waals surface area contributed by atoms with Crippen molar-refractivity contribution >= 4 is 5.97 Å². The normalized spacial score (nSPS) is 11.1. The Kier molecular flexibility index (Phi) is 4.08. The molecule has 0 heterocycles. The van der Waals surface area contributed by atoms with E-state index in [-0.39, 0.29) is 6.42 Å². The molecule has 0 aromatic heterocycles. The van der Waals surface area contributed by atoms with Crippen LogP contribution in [0.25, 0.3) is 11.1 Å². The number of ether oxygens (including phenoxy) is 1. The fourth-order valence-corrected chi connectivity index (χ4v) is 2.07. The van der Waals surface area contributed by atoms with Gasteiger partial charge in [0.05, 0.1) is 6.42 Å². The average Bonchev–Trinajstić information content (AvgIpc) is 2.38. The first-order valence-electron chi connectivity index (χ1n) is 6.53. The largest absolute Gasteiger partial charge is 0.487 e. The lowest BCUT2D eigenvalue weighted by atomic mass is 10.0. The first-order valence-corrected chi connectivity index (χ1v) is 6.53. The molecule has 2 aromatic carbocycles. The van der Waals surface area contributed by atoms with Crippen molar-refractivity contribution in [1.82, 2.24) is 0 Å². The Labute approximate surface area is 118 Å². The topological polar surface area (TPSA) is 46.5 Å². The van der Waals surface area contributed by atoms with Gasteiger partial charge in [0.1, 0.15) is 11.4 Å². The molecule has 3 heteroatoms. The van der Waals surface area contributed by atoms with Crippen LogP contribution in [0.5, 0.6) is 5.75 Å². The summed E-state index contributed by atoms with van der Waals surface area (Å²) in [7, 11) is 0. The molecule has 0 aliphatic heterocycles. The third-order valence-corrected chi connectivity index (χ3v) is 2.93. The van der Waals surface area contributed by atoms with Gasteiger partial charge in [0.2, 0.25) is 0 Å². The van der Waals surface area contributed by atoms with Crippen molar-refractivity contribution in [2.24, 2.45) is 0 Å². The van der Waals surface area contributed by atoms with Crippen molar-refractivity contribution in [3.05, 3.63) is 54.6 Å². The van der Waals surface area contributed by atoms with Crippen LogP contribution in [0, 0.1) is 0 Å². The standard InChI is InChI=1S/C17H18O3/c1-17(2,12-16(18)19)20-15-10-8-14(9-11-15)13-6-4-3-5-7-13/h3-11H,12H2,1-2H3,(H,18,19). The highest BCUT2D eigenvalue weighted by atomic mass is 16.5. The van der Waals surface area contributed by atoms with Gasteiger partial charge < -0.3 is 9.84 Å². The van der Waals surface area contributed by atoms with Crippen LogP contribution in [0.15, 0.2) is 54.6 Å². The fourth-order valence-electron chi connectivity index (χ4n) is 2.07. The summed E-state index contributed by atoms with van der Waals surface area (Å²) in [4.78, 5) is 10.8. The molecule has 0 saturated carbocycles. The molecule has 0 radical (unpaired) electrons. The zero-order valence-electron chi connectivity index (χ0n) is 11.7. The van der Waals surface area contributed by atoms with Gasteiger partial charge in [-0.05, 0) is 37.1 Å². The van der Waals surface area contributed by atoms with E-state index in [0.29, 0.717) is 5.75 Å². The number of aliphatic carboxylic acids is 1. The molecule has 0 atom stereocenters. The lowest BCUT2D eigenvalue weighted by Crippen LogP contribution is -2.31. The maximum atomic E-state index is 10.8. The number of carboxylic acids is 1. The Morgan fingerprint density at radius 3 is 2.10 bits per heavy atom. The second kappa shape index (κ2) is 5.78. The van der Waals surface area contributed by atoms with E-state index in [1.807, 2.05) is 54.6 Å². The van der Waals surface area contributed by atoms with E-state index in [9.17, 15) is 4.79 Å².